The maximum Gasteiger partial charge on any atom is 0.249 e. The Bertz CT molecular complexity index is 1600. The van der Waals surface area contributed by atoms with Gasteiger partial charge in [-0.05, 0) is 60.9 Å². The highest BCUT2D eigenvalue weighted by atomic mass is 16.5. The normalized spacial score (nSPS) is 11.7. The number of benzene rings is 4. The van der Waals surface area contributed by atoms with E-state index in [0.29, 0.717) is 35.7 Å². The number of aromatic nitrogens is 3. The third kappa shape index (κ3) is 5.86. The van der Waals surface area contributed by atoms with Gasteiger partial charge in [0.05, 0.1) is 12.1 Å². The SMILES string of the molecule is CCOc1ccc(C(C(=O)NCc2ccccc2)N(C(=O)Cn2nnc3ccccc32)c2ccccc2C)cc1. The van der Waals surface area contributed by atoms with Crippen LogP contribution in [-0.2, 0) is 22.7 Å². The van der Waals surface area contributed by atoms with Crippen molar-refractivity contribution < 1.29 is 14.3 Å². The summed E-state index contributed by atoms with van der Waals surface area (Å²) >= 11 is 0. The zero-order valence-electron chi connectivity index (χ0n) is 22.5. The maximum absolute atomic E-state index is 14.2. The molecule has 5 aromatic rings. The lowest BCUT2D eigenvalue weighted by Gasteiger charge is -2.32. The third-order valence-corrected chi connectivity index (χ3v) is 6.67. The van der Waals surface area contributed by atoms with Crippen molar-refractivity contribution in [2.45, 2.75) is 33.0 Å². The molecule has 1 heterocycles. The minimum atomic E-state index is -0.942. The summed E-state index contributed by atoms with van der Waals surface area (Å²) < 4.78 is 7.20. The summed E-state index contributed by atoms with van der Waals surface area (Å²) in [5.41, 5.74) is 4.57. The molecule has 1 atom stereocenters. The van der Waals surface area contributed by atoms with E-state index in [0.717, 1.165) is 16.6 Å². The summed E-state index contributed by atoms with van der Waals surface area (Å²) in [7, 11) is 0. The minimum absolute atomic E-state index is 0.0889. The van der Waals surface area contributed by atoms with Crippen LogP contribution >= 0.6 is 0 Å². The highest BCUT2D eigenvalue weighted by molar-refractivity contribution is 6.02. The van der Waals surface area contributed by atoms with Crippen LogP contribution in [-0.4, -0.2) is 33.4 Å². The predicted molar refractivity (Wildman–Crippen MR) is 155 cm³/mol. The number of carbonyl (C=O) groups excluding carboxylic acids is 2. The van der Waals surface area contributed by atoms with Gasteiger partial charge in [-0.2, -0.15) is 0 Å². The van der Waals surface area contributed by atoms with Crippen molar-refractivity contribution in [3.8, 4) is 5.75 Å². The van der Waals surface area contributed by atoms with Gasteiger partial charge in [0.2, 0.25) is 11.8 Å². The Kier molecular flexibility index (Phi) is 8.15. The number of hydrogen-bond acceptors (Lipinski definition) is 5. The number of aryl methyl sites for hydroxylation is 1. The first-order valence-corrected chi connectivity index (χ1v) is 13.3. The zero-order chi connectivity index (χ0) is 27.9. The topological polar surface area (TPSA) is 89.4 Å². The molecule has 0 saturated carbocycles. The van der Waals surface area contributed by atoms with Gasteiger partial charge < -0.3 is 10.1 Å². The van der Waals surface area contributed by atoms with Gasteiger partial charge in [0.15, 0.2) is 0 Å². The molecule has 0 aliphatic carbocycles. The third-order valence-electron chi connectivity index (χ3n) is 6.67. The van der Waals surface area contributed by atoms with Crippen LogP contribution in [0.4, 0.5) is 5.69 Å². The summed E-state index contributed by atoms with van der Waals surface area (Å²) in [6, 6.07) is 31.1. The number of nitrogens with one attached hydrogen (secondary N) is 1. The molecule has 202 valence electrons. The predicted octanol–water partition coefficient (Wildman–Crippen LogP) is 5.23. The van der Waals surface area contributed by atoms with E-state index < -0.39 is 6.04 Å². The van der Waals surface area contributed by atoms with E-state index in [1.165, 1.54) is 0 Å². The number of nitrogens with zero attached hydrogens (tertiary/aromatic N) is 4. The number of hydrogen-bond donors (Lipinski definition) is 1. The van der Waals surface area contributed by atoms with Gasteiger partial charge in [-0.25, -0.2) is 4.68 Å². The van der Waals surface area contributed by atoms with Gasteiger partial charge in [-0.1, -0.05) is 78.0 Å². The van der Waals surface area contributed by atoms with Crippen molar-refractivity contribution in [2.75, 3.05) is 11.5 Å². The lowest BCUT2D eigenvalue weighted by Crippen LogP contribution is -2.45. The molecule has 1 unspecified atom stereocenters. The molecule has 0 spiro atoms. The fourth-order valence-corrected chi connectivity index (χ4v) is 4.70. The van der Waals surface area contributed by atoms with E-state index in [4.69, 9.17) is 4.74 Å². The number of anilines is 1. The van der Waals surface area contributed by atoms with E-state index in [-0.39, 0.29) is 18.4 Å². The highest BCUT2D eigenvalue weighted by Gasteiger charge is 2.34. The van der Waals surface area contributed by atoms with Gasteiger partial charge >= 0.3 is 0 Å². The van der Waals surface area contributed by atoms with Gasteiger partial charge in [0, 0.05) is 12.2 Å². The lowest BCUT2D eigenvalue weighted by molar-refractivity contribution is -0.127. The summed E-state index contributed by atoms with van der Waals surface area (Å²) in [4.78, 5) is 29.8. The van der Waals surface area contributed by atoms with Gasteiger partial charge in [0.1, 0.15) is 23.9 Å². The van der Waals surface area contributed by atoms with Crippen molar-refractivity contribution in [1.29, 1.82) is 0 Å². The molecule has 0 radical (unpaired) electrons. The molecule has 2 amide bonds. The molecule has 1 aromatic heterocycles. The summed E-state index contributed by atoms with van der Waals surface area (Å²) in [6.45, 7) is 4.61. The summed E-state index contributed by atoms with van der Waals surface area (Å²) in [6.07, 6.45) is 0. The number of rotatable bonds is 10. The van der Waals surface area contributed by atoms with Gasteiger partial charge in [-0.3, -0.25) is 14.5 Å². The van der Waals surface area contributed by atoms with Gasteiger partial charge in [-0.15, -0.1) is 5.10 Å². The first kappa shape index (κ1) is 26.6. The van der Waals surface area contributed by atoms with Crippen LogP contribution < -0.4 is 15.0 Å². The molecular weight excluding hydrogens is 502 g/mol. The highest BCUT2D eigenvalue weighted by Crippen LogP contribution is 2.32. The first-order valence-electron chi connectivity index (χ1n) is 13.3. The van der Waals surface area contributed by atoms with Crippen molar-refractivity contribution in [3.63, 3.8) is 0 Å². The van der Waals surface area contributed by atoms with Crippen LogP contribution in [0.2, 0.25) is 0 Å². The second-order valence-corrected chi connectivity index (χ2v) is 9.39. The number of carbonyl (C=O) groups is 2. The van der Waals surface area contributed by atoms with Crippen LogP contribution in [0, 0.1) is 6.92 Å². The fraction of sp³-hybridized carbons (Fsp3) is 0.188. The Morgan fingerprint density at radius 3 is 2.35 bits per heavy atom. The largest absolute Gasteiger partial charge is 0.494 e. The molecule has 40 heavy (non-hydrogen) atoms. The summed E-state index contributed by atoms with van der Waals surface area (Å²) in [5.74, 6) is 0.101. The van der Waals surface area contributed by atoms with Crippen molar-refractivity contribution in [3.05, 3.63) is 120 Å². The van der Waals surface area contributed by atoms with Gasteiger partial charge in [0.25, 0.3) is 0 Å². The molecule has 5 rings (SSSR count). The van der Waals surface area contributed by atoms with E-state index >= 15 is 0 Å². The molecule has 8 heteroatoms. The van der Waals surface area contributed by atoms with Crippen LogP contribution in [0.25, 0.3) is 11.0 Å². The second-order valence-electron chi connectivity index (χ2n) is 9.39. The van der Waals surface area contributed by atoms with Crippen LogP contribution in [0.15, 0.2) is 103 Å². The maximum atomic E-state index is 14.2. The summed E-state index contributed by atoms with van der Waals surface area (Å²) in [5, 5.41) is 11.5. The minimum Gasteiger partial charge on any atom is -0.494 e. The standard InChI is InChI=1S/C32H31N5O3/c1-3-40-26-19-17-25(18-20-26)31(32(39)33-21-24-12-5-4-6-13-24)37(28-15-9-7-11-23(28)2)30(38)22-36-29-16-10-8-14-27(29)34-35-36/h4-20,31H,3,21-22H2,1-2H3,(H,33,39). The molecule has 1 N–H and O–H groups in total. The van der Waals surface area contributed by atoms with E-state index in [9.17, 15) is 9.59 Å². The molecule has 0 aliphatic rings. The van der Waals surface area contributed by atoms with Crippen molar-refractivity contribution in [2.24, 2.45) is 0 Å². The second kappa shape index (κ2) is 12.3. The molecule has 0 fully saturated rings. The van der Waals surface area contributed by atoms with E-state index in [1.807, 2.05) is 117 Å². The molecule has 0 saturated heterocycles. The number of amides is 2. The Morgan fingerprint density at radius 1 is 0.900 bits per heavy atom. The Labute approximate surface area is 233 Å². The molecule has 0 bridgehead atoms. The Morgan fingerprint density at radius 2 is 1.60 bits per heavy atom. The Hall–Kier alpha value is -4.98. The van der Waals surface area contributed by atoms with Crippen LogP contribution in [0.1, 0.15) is 29.7 Å². The first-order chi connectivity index (χ1) is 19.5. The number of ether oxygens (including phenoxy) is 1. The zero-order valence-corrected chi connectivity index (χ0v) is 22.5. The van der Waals surface area contributed by atoms with Crippen molar-refractivity contribution in [1.82, 2.24) is 20.3 Å². The smallest absolute Gasteiger partial charge is 0.249 e. The molecular formula is C32H31N5O3. The average molecular weight is 534 g/mol. The van der Waals surface area contributed by atoms with E-state index in [1.54, 1.807) is 9.58 Å². The van der Waals surface area contributed by atoms with E-state index in [2.05, 4.69) is 15.6 Å². The Balaban J connectivity index is 1.56. The number of fused-ring (bicyclic) bond motifs is 1. The van der Waals surface area contributed by atoms with Crippen LogP contribution in [0.3, 0.4) is 0 Å². The lowest BCUT2D eigenvalue weighted by atomic mass is 10.0. The van der Waals surface area contributed by atoms with Crippen molar-refractivity contribution >= 4 is 28.5 Å². The quantitative estimate of drug-likeness (QED) is 0.266. The fourth-order valence-electron chi connectivity index (χ4n) is 4.70. The molecule has 8 nitrogen and oxygen atoms in total. The number of para-hydroxylation sites is 2. The van der Waals surface area contributed by atoms with Crippen LogP contribution in [0.5, 0.6) is 5.75 Å². The monoisotopic (exact) mass is 533 g/mol. The average Bonchev–Trinajstić information content (AvgIpc) is 3.39. The molecule has 4 aromatic carbocycles. The molecule has 0 aliphatic heterocycles.